The highest BCUT2D eigenvalue weighted by Crippen LogP contribution is 2.30. The zero-order chi connectivity index (χ0) is 19.8. The SMILES string of the molecule is CN=C(NCc1ccccc1)NC1CCN(c2cc(OC)cc(OC)c2)CC1.I. The van der Waals surface area contributed by atoms with Crippen LogP contribution in [0.1, 0.15) is 18.4 Å². The molecule has 0 atom stereocenters. The molecule has 0 radical (unpaired) electrons. The van der Waals surface area contributed by atoms with E-state index < -0.39 is 0 Å². The molecule has 2 aromatic carbocycles. The molecule has 7 heteroatoms. The minimum Gasteiger partial charge on any atom is -0.497 e. The largest absolute Gasteiger partial charge is 0.497 e. The van der Waals surface area contributed by atoms with E-state index in [2.05, 4.69) is 56.9 Å². The van der Waals surface area contributed by atoms with Crippen molar-refractivity contribution < 1.29 is 9.47 Å². The van der Waals surface area contributed by atoms with E-state index in [-0.39, 0.29) is 24.0 Å². The summed E-state index contributed by atoms with van der Waals surface area (Å²) >= 11 is 0. The maximum absolute atomic E-state index is 5.40. The Balaban J connectivity index is 0.00000300. The second-order valence-corrected chi connectivity index (χ2v) is 6.89. The van der Waals surface area contributed by atoms with E-state index in [1.54, 1.807) is 14.2 Å². The van der Waals surface area contributed by atoms with Crippen LogP contribution in [-0.4, -0.2) is 46.4 Å². The van der Waals surface area contributed by atoms with Crippen LogP contribution in [0.2, 0.25) is 0 Å². The molecule has 1 saturated heterocycles. The highest BCUT2D eigenvalue weighted by atomic mass is 127. The number of anilines is 1. The Morgan fingerprint density at radius 3 is 2.21 bits per heavy atom. The van der Waals surface area contributed by atoms with E-state index >= 15 is 0 Å². The van der Waals surface area contributed by atoms with E-state index in [4.69, 9.17) is 9.47 Å². The van der Waals surface area contributed by atoms with Crippen molar-refractivity contribution in [2.75, 3.05) is 39.3 Å². The van der Waals surface area contributed by atoms with Crippen molar-refractivity contribution in [2.45, 2.75) is 25.4 Å². The number of piperidine rings is 1. The van der Waals surface area contributed by atoms with Gasteiger partial charge in [0.05, 0.1) is 14.2 Å². The van der Waals surface area contributed by atoms with Gasteiger partial charge < -0.3 is 25.0 Å². The predicted molar refractivity (Wildman–Crippen MR) is 130 cm³/mol. The molecule has 0 aromatic heterocycles. The number of aliphatic imine (C=N–C) groups is 1. The summed E-state index contributed by atoms with van der Waals surface area (Å²) in [6.45, 7) is 2.72. The molecule has 0 amide bonds. The fraction of sp³-hybridized carbons (Fsp3) is 0.409. The topological polar surface area (TPSA) is 58.1 Å². The zero-order valence-electron chi connectivity index (χ0n) is 17.4. The maximum atomic E-state index is 5.40. The van der Waals surface area contributed by atoms with E-state index in [9.17, 15) is 0 Å². The van der Waals surface area contributed by atoms with Crippen LogP contribution < -0.4 is 25.0 Å². The van der Waals surface area contributed by atoms with E-state index in [1.807, 2.05) is 19.2 Å². The van der Waals surface area contributed by atoms with Gasteiger partial charge in [0.1, 0.15) is 11.5 Å². The molecule has 3 rings (SSSR count). The van der Waals surface area contributed by atoms with Gasteiger partial charge in [-0.1, -0.05) is 30.3 Å². The molecule has 0 aliphatic carbocycles. The van der Waals surface area contributed by atoms with Crippen LogP contribution >= 0.6 is 24.0 Å². The summed E-state index contributed by atoms with van der Waals surface area (Å²) in [5.41, 5.74) is 2.38. The van der Waals surface area contributed by atoms with Crippen LogP contribution in [0, 0.1) is 0 Å². The van der Waals surface area contributed by atoms with Crippen LogP contribution in [0.3, 0.4) is 0 Å². The van der Waals surface area contributed by atoms with Crippen molar-refractivity contribution >= 4 is 35.6 Å². The first kappa shape index (κ1) is 23.1. The lowest BCUT2D eigenvalue weighted by atomic mass is 10.0. The molecular weight excluding hydrogens is 479 g/mol. The van der Waals surface area contributed by atoms with Crippen LogP contribution in [0.25, 0.3) is 0 Å². The Morgan fingerprint density at radius 1 is 1.03 bits per heavy atom. The van der Waals surface area contributed by atoms with Crippen LogP contribution in [-0.2, 0) is 6.54 Å². The fourth-order valence-electron chi connectivity index (χ4n) is 3.43. The first-order valence-corrected chi connectivity index (χ1v) is 9.71. The molecule has 1 aliphatic heterocycles. The normalized spacial score (nSPS) is 14.7. The molecule has 1 fully saturated rings. The summed E-state index contributed by atoms with van der Waals surface area (Å²) in [6, 6.07) is 16.8. The number of ether oxygens (including phenoxy) is 2. The van der Waals surface area contributed by atoms with Crippen molar-refractivity contribution in [3.8, 4) is 11.5 Å². The van der Waals surface area contributed by atoms with E-state index in [0.29, 0.717) is 6.04 Å². The third kappa shape index (κ3) is 6.69. The average Bonchev–Trinajstić information content (AvgIpc) is 2.77. The fourth-order valence-corrected chi connectivity index (χ4v) is 3.43. The summed E-state index contributed by atoms with van der Waals surface area (Å²) in [4.78, 5) is 6.75. The molecule has 0 unspecified atom stereocenters. The van der Waals surface area contributed by atoms with Gasteiger partial charge in [0.2, 0.25) is 0 Å². The van der Waals surface area contributed by atoms with Gasteiger partial charge in [0.15, 0.2) is 5.96 Å². The lowest BCUT2D eigenvalue weighted by Gasteiger charge is -2.34. The van der Waals surface area contributed by atoms with Gasteiger partial charge in [-0.15, -0.1) is 24.0 Å². The number of guanidine groups is 1. The number of nitrogens with zero attached hydrogens (tertiary/aromatic N) is 2. The zero-order valence-corrected chi connectivity index (χ0v) is 19.7. The highest BCUT2D eigenvalue weighted by molar-refractivity contribution is 14.0. The third-order valence-electron chi connectivity index (χ3n) is 5.06. The van der Waals surface area contributed by atoms with Gasteiger partial charge in [-0.3, -0.25) is 4.99 Å². The van der Waals surface area contributed by atoms with Gasteiger partial charge in [-0.05, 0) is 18.4 Å². The van der Waals surface area contributed by atoms with Crippen LogP contribution in [0.4, 0.5) is 5.69 Å². The van der Waals surface area contributed by atoms with Gasteiger partial charge in [0.25, 0.3) is 0 Å². The quantitative estimate of drug-likeness (QED) is 0.353. The summed E-state index contributed by atoms with van der Waals surface area (Å²) in [5, 5.41) is 6.95. The Bertz CT molecular complexity index is 755. The maximum Gasteiger partial charge on any atom is 0.191 e. The highest BCUT2D eigenvalue weighted by Gasteiger charge is 2.21. The van der Waals surface area contributed by atoms with Crippen molar-refractivity contribution in [3.63, 3.8) is 0 Å². The summed E-state index contributed by atoms with van der Waals surface area (Å²) < 4.78 is 10.8. The molecule has 1 heterocycles. The number of hydrogen-bond acceptors (Lipinski definition) is 4. The smallest absolute Gasteiger partial charge is 0.191 e. The molecule has 0 spiro atoms. The van der Waals surface area contributed by atoms with Gasteiger partial charge in [0, 0.05) is 56.6 Å². The minimum atomic E-state index is 0. The standard InChI is InChI=1S/C22H30N4O2.HI/c1-23-22(24-16-17-7-5-4-6-8-17)25-18-9-11-26(12-10-18)19-13-20(27-2)15-21(14-19)28-3;/h4-8,13-15,18H,9-12,16H2,1-3H3,(H2,23,24,25);1H. The second-order valence-electron chi connectivity index (χ2n) is 6.89. The Labute approximate surface area is 190 Å². The van der Waals surface area contributed by atoms with Crippen molar-refractivity contribution in [2.24, 2.45) is 4.99 Å². The molecule has 0 bridgehead atoms. The third-order valence-corrected chi connectivity index (χ3v) is 5.06. The minimum absolute atomic E-state index is 0. The van der Waals surface area contributed by atoms with E-state index in [1.165, 1.54) is 5.56 Å². The molecule has 1 aliphatic rings. The number of methoxy groups -OCH3 is 2. The van der Waals surface area contributed by atoms with Crippen LogP contribution in [0.15, 0.2) is 53.5 Å². The Kier molecular flexibility index (Phi) is 9.37. The average molecular weight is 510 g/mol. The monoisotopic (exact) mass is 510 g/mol. The molecule has 29 heavy (non-hydrogen) atoms. The number of rotatable bonds is 6. The van der Waals surface area contributed by atoms with Crippen molar-refractivity contribution in [1.29, 1.82) is 0 Å². The number of hydrogen-bond donors (Lipinski definition) is 2. The Morgan fingerprint density at radius 2 is 1.66 bits per heavy atom. The number of nitrogens with one attached hydrogen (secondary N) is 2. The first-order valence-electron chi connectivity index (χ1n) is 9.71. The summed E-state index contributed by atoms with van der Waals surface area (Å²) in [7, 11) is 5.18. The van der Waals surface area contributed by atoms with Crippen molar-refractivity contribution in [3.05, 3.63) is 54.1 Å². The van der Waals surface area contributed by atoms with Gasteiger partial charge >= 0.3 is 0 Å². The summed E-state index contributed by atoms with van der Waals surface area (Å²) in [6.07, 6.45) is 2.09. The predicted octanol–water partition coefficient (Wildman–Crippen LogP) is 3.66. The molecule has 2 N–H and O–H groups in total. The summed E-state index contributed by atoms with van der Waals surface area (Å²) in [5.74, 6) is 2.49. The second kappa shape index (κ2) is 11.7. The molecular formula is C22H31IN4O2. The molecule has 158 valence electrons. The number of benzene rings is 2. The first-order chi connectivity index (χ1) is 13.7. The number of halogens is 1. The van der Waals surface area contributed by atoms with Crippen LogP contribution in [0.5, 0.6) is 11.5 Å². The van der Waals surface area contributed by atoms with E-state index in [0.717, 1.165) is 55.6 Å². The van der Waals surface area contributed by atoms with Gasteiger partial charge in [-0.25, -0.2) is 0 Å². The lowest BCUT2D eigenvalue weighted by Crippen LogP contribution is -2.48. The van der Waals surface area contributed by atoms with Gasteiger partial charge in [-0.2, -0.15) is 0 Å². The lowest BCUT2D eigenvalue weighted by molar-refractivity contribution is 0.393. The molecule has 6 nitrogen and oxygen atoms in total. The van der Waals surface area contributed by atoms with Crippen molar-refractivity contribution in [1.82, 2.24) is 10.6 Å². The molecule has 2 aromatic rings. The Hall–Kier alpha value is -2.16. The molecule has 0 saturated carbocycles.